The predicted octanol–water partition coefficient (Wildman–Crippen LogP) is 7.96. The van der Waals surface area contributed by atoms with Gasteiger partial charge in [-0.05, 0) is 98.8 Å². The maximum Gasteiger partial charge on any atom is 0.320 e. The summed E-state index contributed by atoms with van der Waals surface area (Å²) in [5.74, 6) is 0.949. The lowest BCUT2D eigenvalue weighted by Gasteiger charge is -2.33. The molecule has 2 aliphatic heterocycles. The van der Waals surface area contributed by atoms with Gasteiger partial charge in [-0.2, -0.15) is 5.26 Å². The molecule has 3 aromatic carbocycles. The van der Waals surface area contributed by atoms with Crippen LogP contribution in [0, 0.1) is 18.3 Å². The van der Waals surface area contributed by atoms with Gasteiger partial charge in [0.1, 0.15) is 42.3 Å². The fraction of sp³-hybridized carbons (Fsp3) is 0.366. The van der Waals surface area contributed by atoms with E-state index in [1.165, 1.54) is 6.20 Å². The maximum atomic E-state index is 12.1. The highest BCUT2D eigenvalue weighted by atomic mass is 35.5. The molecule has 2 aliphatic rings. The van der Waals surface area contributed by atoms with Gasteiger partial charge in [0.05, 0.1) is 10.6 Å². The van der Waals surface area contributed by atoms with Crippen LogP contribution < -0.4 is 14.8 Å². The van der Waals surface area contributed by atoms with Crippen LogP contribution in [-0.4, -0.2) is 51.6 Å². The molecule has 0 amide bonds. The zero-order chi connectivity index (χ0) is 36.2. The van der Waals surface area contributed by atoms with Gasteiger partial charge >= 0.3 is 5.97 Å². The Hall–Kier alpha value is -4.95. The van der Waals surface area contributed by atoms with Gasteiger partial charge in [-0.1, -0.05) is 49.2 Å². The lowest BCUT2D eigenvalue weighted by atomic mass is 9.81. The first kappa shape index (κ1) is 35.5. The first-order chi connectivity index (χ1) is 25.2. The second kappa shape index (κ2) is 15.3. The number of carbonyl (C=O) groups is 1. The van der Waals surface area contributed by atoms with Crippen molar-refractivity contribution in [1.29, 1.82) is 5.26 Å². The smallest absolute Gasteiger partial charge is 0.320 e. The number of nitrogens with zero attached hydrogens (tertiary/aromatic N) is 4. The molecule has 268 valence electrons. The molecule has 11 heteroatoms. The third kappa shape index (κ3) is 7.63. The molecule has 7 rings (SSSR count). The Morgan fingerprint density at radius 2 is 1.90 bits per heavy atom. The number of hydrogen-bond acceptors (Lipinski definition) is 9. The molecule has 2 aromatic heterocycles. The van der Waals surface area contributed by atoms with E-state index in [1.807, 2.05) is 23.1 Å². The van der Waals surface area contributed by atoms with Crippen molar-refractivity contribution in [1.82, 2.24) is 20.2 Å². The Morgan fingerprint density at radius 3 is 2.71 bits per heavy atom. The zero-order valence-electron chi connectivity index (χ0n) is 29.5. The van der Waals surface area contributed by atoms with Gasteiger partial charge < -0.3 is 24.3 Å². The molecule has 0 saturated carbocycles. The summed E-state index contributed by atoms with van der Waals surface area (Å²) in [5.41, 5.74) is 7.70. The number of likely N-dealkylation sites (tertiary alicyclic amines) is 1. The Balaban J connectivity index is 1.13. The quantitative estimate of drug-likeness (QED) is 0.138. The second-order valence-electron chi connectivity index (χ2n) is 14.1. The molecule has 2 fully saturated rings. The highest BCUT2D eigenvalue weighted by Gasteiger charge is 2.34. The predicted molar refractivity (Wildman–Crippen MR) is 198 cm³/mol. The number of fused-ring (bicyclic) bond motifs is 1. The van der Waals surface area contributed by atoms with E-state index in [0.717, 1.165) is 89.1 Å². The van der Waals surface area contributed by atoms with Crippen LogP contribution in [0.3, 0.4) is 0 Å². The zero-order valence-corrected chi connectivity index (χ0v) is 30.2. The van der Waals surface area contributed by atoms with E-state index in [2.05, 4.69) is 48.4 Å². The average molecular weight is 720 g/mol. The minimum atomic E-state index is -0.831. The fourth-order valence-electron chi connectivity index (χ4n) is 7.27. The van der Waals surface area contributed by atoms with Crippen LogP contribution in [0.5, 0.6) is 11.5 Å². The number of rotatable bonds is 11. The molecule has 2 saturated heterocycles. The summed E-state index contributed by atoms with van der Waals surface area (Å²) in [6.45, 7) is 7.69. The standard InChI is InChI=1S/C41H42ClN5O5/c1-26-30(6-5-7-32(26)29-9-10-36-34(18-29)46-40(52-36)41(2)11-13-44-14-12-41)25-51-38-19-37(50-24-28-16-27(20-43)21-45-22-28)31(17-33(38)42)23-47-15-4-3-8-35(47)39(48)49/h5-7,9-10,16-19,21-22,35,44H,3-4,8,11-15,23-25H2,1-2H3,(H,48,49). The molecule has 1 atom stereocenters. The normalized spacial score (nSPS) is 17.5. The molecule has 0 radical (unpaired) electrons. The summed E-state index contributed by atoms with van der Waals surface area (Å²) >= 11 is 6.85. The van der Waals surface area contributed by atoms with Crippen LogP contribution in [0.1, 0.15) is 72.7 Å². The third-order valence-corrected chi connectivity index (χ3v) is 10.8. The summed E-state index contributed by atoms with van der Waals surface area (Å²) in [4.78, 5) is 23.1. The average Bonchev–Trinajstić information content (AvgIpc) is 3.60. The molecule has 52 heavy (non-hydrogen) atoms. The van der Waals surface area contributed by atoms with E-state index < -0.39 is 12.0 Å². The van der Waals surface area contributed by atoms with Gasteiger partial charge in [0.2, 0.25) is 5.89 Å². The molecule has 5 aromatic rings. The van der Waals surface area contributed by atoms with E-state index in [1.54, 1.807) is 24.4 Å². The van der Waals surface area contributed by atoms with Crippen LogP contribution in [0.2, 0.25) is 5.02 Å². The van der Waals surface area contributed by atoms with Crippen molar-refractivity contribution >= 4 is 28.7 Å². The molecule has 1 unspecified atom stereocenters. The van der Waals surface area contributed by atoms with Crippen molar-refractivity contribution in [2.24, 2.45) is 0 Å². The SMILES string of the molecule is Cc1c(COc2cc(OCc3cncc(C#N)c3)c(CN3CCCCC3C(=O)O)cc2Cl)cccc1-c1ccc2oc(C3(C)CCNCC3)nc2c1. The van der Waals surface area contributed by atoms with Crippen LogP contribution in [-0.2, 0) is 30.0 Å². The number of aliphatic carboxylic acids is 1. The van der Waals surface area contributed by atoms with E-state index in [-0.39, 0.29) is 18.6 Å². The van der Waals surface area contributed by atoms with E-state index in [9.17, 15) is 15.2 Å². The minimum Gasteiger partial charge on any atom is -0.488 e. The van der Waals surface area contributed by atoms with Crippen LogP contribution >= 0.6 is 11.6 Å². The second-order valence-corrected chi connectivity index (χ2v) is 14.5. The van der Waals surface area contributed by atoms with Crippen molar-refractivity contribution in [3.05, 3.63) is 106 Å². The Morgan fingerprint density at radius 1 is 1.08 bits per heavy atom. The van der Waals surface area contributed by atoms with Gasteiger partial charge in [-0.25, -0.2) is 4.98 Å². The number of carboxylic acids is 1. The summed E-state index contributed by atoms with van der Waals surface area (Å²) in [6.07, 6.45) is 7.53. The summed E-state index contributed by atoms with van der Waals surface area (Å²) in [7, 11) is 0. The van der Waals surface area contributed by atoms with E-state index in [4.69, 9.17) is 30.5 Å². The van der Waals surface area contributed by atoms with Gasteiger partial charge in [0, 0.05) is 41.5 Å². The van der Waals surface area contributed by atoms with Crippen molar-refractivity contribution < 1.29 is 23.8 Å². The molecular weight excluding hydrogens is 678 g/mol. The maximum absolute atomic E-state index is 12.1. The van der Waals surface area contributed by atoms with Crippen molar-refractivity contribution in [2.45, 2.75) is 77.2 Å². The van der Waals surface area contributed by atoms with Crippen LogP contribution in [0.4, 0.5) is 0 Å². The molecule has 0 bridgehead atoms. The third-order valence-electron chi connectivity index (χ3n) is 10.5. The molecule has 0 spiro atoms. The van der Waals surface area contributed by atoms with E-state index >= 15 is 0 Å². The summed E-state index contributed by atoms with van der Waals surface area (Å²) < 4.78 is 18.9. The lowest BCUT2D eigenvalue weighted by Crippen LogP contribution is -2.44. The first-order valence-corrected chi connectivity index (χ1v) is 18.2. The Bertz CT molecular complexity index is 2140. The van der Waals surface area contributed by atoms with Gasteiger partial charge in [-0.15, -0.1) is 0 Å². The largest absolute Gasteiger partial charge is 0.488 e. The first-order valence-electron chi connectivity index (χ1n) is 17.8. The molecule has 0 aliphatic carbocycles. The van der Waals surface area contributed by atoms with Gasteiger partial charge in [0.15, 0.2) is 5.58 Å². The lowest BCUT2D eigenvalue weighted by molar-refractivity contribution is -0.144. The number of nitrogens with one attached hydrogen (secondary N) is 1. The van der Waals surface area contributed by atoms with Crippen molar-refractivity contribution in [3.63, 3.8) is 0 Å². The number of halogens is 1. The highest BCUT2D eigenvalue weighted by Crippen LogP contribution is 2.38. The van der Waals surface area contributed by atoms with Crippen molar-refractivity contribution in [3.8, 4) is 28.7 Å². The Labute approximate surface area is 308 Å². The van der Waals surface area contributed by atoms with E-state index in [0.29, 0.717) is 41.6 Å². The topological polar surface area (TPSA) is 134 Å². The van der Waals surface area contributed by atoms with Crippen molar-refractivity contribution in [2.75, 3.05) is 19.6 Å². The monoisotopic (exact) mass is 719 g/mol. The number of pyridine rings is 1. The molecule has 2 N–H and O–H groups in total. The number of piperidine rings is 2. The van der Waals surface area contributed by atoms with Crippen LogP contribution in [0.15, 0.2) is 71.4 Å². The number of benzene rings is 3. The number of aromatic nitrogens is 2. The number of ether oxygens (including phenoxy) is 2. The minimum absolute atomic E-state index is 0.0733. The summed E-state index contributed by atoms with van der Waals surface area (Å²) in [5, 5.41) is 23.1. The number of nitriles is 1. The molecule has 4 heterocycles. The van der Waals surface area contributed by atoms with Gasteiger partial charge in [0.25, 0.3) is 0 Å². The Kier molecular flexibility index (Phi) is 10.5. The number of hydrogen-bond donors (Lipinski definition) is 2. The number of carboxylic acid groups (broad SMARTS) is 1. The molecular formula is C41H42ClN5O5. The summed E-state index contributed by atoms with van der Waals surface area (Å²) in [6, 6.07) is 19.2. The highest BCUT2D eigenvalue weighted by molar-refractivity contribution is 6.32. The number of oxazole rings is 1. The molecule has 10 nitrogen and oxygen atoms in total. The van der Waals surface area contributed by atoms with Gasteiger partial charge in [-0.3, -0.25) is 14.7 Å². The van der Waals surface area contributed by atoms with Crippen LogP contribution in [0.25, 0.3) is 22.2 Å². The fourth-order valence-corrected chi connectivity index (χ4v) is 7.51.